The number of amides is 1. The van der Waals surface area contributed by atoms with Crippen molar-refractivity contribution in [2.75, 3.05) is 25.0 Å². The van der Waals surface area contributed by atoms with Gasteiger partial charge in [0, 0.05) is 12.1 Å². The quantitative estimate of drug-likeness (QED) is 0.860. The number of anilines is 1. The first-order valence-electron chi connectivity index (χ1n) is 7.10. The predicted octanol–water partition coefficient (Wildman–Crippen LogP) is 1.51. The molecule has 1 aromatic rings. The number of benzene rings is 1. The van der Waals surface area contributed by atoms with Crippen LogP contribution in [0.3, 0.4) is 0 Å². The molecule has 0 aromatic heterocycles. The van der Waals surface area contributed by atoms with Crippen molar-refractivity contribution >= 4 is 17.6 Å². The number of carbonyl (C=O) groups excluding carboxylic acids is 1. The third kappa shape index (κ3) is 4.36. The van der Waals surface area contributed by atoms with Crippen LogP contribution in [0, 0.1) is 6.92 Å². The summed E-state index contributed by atoms with van der Waals surface area (Å²) in [5, 5.41) is 5.90. The van der Waals surface area contributed by atoms with Crippen LogP contribution in [0.5, 0.6) is 5.75 Å². The van der Waals surface area contributed by atoms with Gasteiger partial charge < -0.3 is 20.3 Å². The van der Waals surface area contributed by atoms with E-state index in [1.807, 2.05) is 32.0 Å². The van der Waals surface area contributed by atoms with Gasteiger partial charge in [0.2, 0.25) is 0 Å². The van der Waals surface area contributed by atoms with Gasteiger partial charge in [0.1, 0.15) is 11.6 Å². The molecule has 1 aliphatic rings. The van der Waals surface area contributed by atoms with Crippen LogP contribution >= 0.6 is 0 Å². The maximum Gasteiger partial charge on any atom is 0.411 e. The van der Waals surface area contributed by atoms with Crippen molar-refractivity contribution in [2.24, 2.45) is 4.99 Å². The van der Waals surface area contributed by atoms with E-state index in [2.05, 4.69) is 15.6 Å². The van der Waals surface area contributed by atoms with Crippen LogP contribution in [-0.4, -0.2) is 43.2 Å². The van der Waals surface area contributed by atoms with Gasteiger partial charge in [0.25, 0.3) is 0 Å². The summed E-state index contributed by atoms with van der Waals surface area (Å²) >= 11 is 0. The summed E-state index contributed by atoms with van der Waals surface area (Å²) in [7, 11) is 0. The average Bonchev–Trinajstić information content (AvgIpc) is 2.97. The summed E-state index contributed by atoms with van der Waals surface area (Å²) in [6, 6.07) is 5.52. The van der Waals surface area contributed by atoms with Gasteiger partial charge >= 0.3 is 6.09 Å². The average molecular weight is 309 g/mol. The summed E-state index contributed by atoms with van der Waals surface area (Å²) in [5.74, 6) is 1.58. The highest BCUT2D eigenvalue weighted by Gasteiger charge is 2.17. The number of ether oxygens (including phenoxy) is 2. The van der Waals surface area contributed by atoms with E-state index in [1.54, 1.807) is 6.92 Å². The number of carbonyl (C=O) groups is 1. The highest BCUT2D eigenvalue weighted by molar-refractivity contribution is 5.88. The zero-order chi connectivity index (χ0) is 15.2. The van der Waals surface area contributed by atoms with E-state index >= 15 is 0 Å². The highest BCUT2D eigenvalue weighted by Crippen LogP contribution is 2.26. The summed E-state index contributed by atoms with van der Waals surface area (Å²) in [6.07, 6.45) is -0.614. The van der Waals surface area contributed by atoms with Gasteiger partial charge in [-0.15, -0.1) is 0 Å². The van der Waals surface area contributed by atoms with Gasteiger partial charge in [-0.2, -0.15) is 0 Å². The fraction of sp³-hybridized carbons (Fsp3) is 0.467. The number of hydrogen-bond acceptors (Lipinski definition) is 5. The second kappa shape index (κ2) is 8.23. The van der Waals surface area contributed by atoms with E-state index in [0.29, 0.717) is 18.0 Å². The van der Waals surface area contributed by atoms with Gasteiger partial charge in [-0.05, 0) is 32.9 Å². The molecular formula is C15H23N3O4. The molecule has 4 N–H and O–H groups in total. The van der Waals surface area contributed by atoms with E-state index in [1.165, 1.54) is 0 Å². The fourth-order valence-corrected chi connectivity index (χ4v) is 2.09. The van der Waals surface area contributed by atoms with Gasteiger partial charge in [-0.3, -0.25) is 10.3 Å². The van der Waals surface area contributed by atoms with Gasteiger partial charge in [0.05, 0.1) is 18.8 Å². The fourth-order valence-electron chi connectivity index (χ4n) is 2.09. The molecule has 1 amide bonds. The lowest BCUT2D eigenvalue weighted by molar-refractivity contribution is 0.168. The second-order valence-corrected chi connectivity index (χ2v) is 4.73. The van der Waals surface area contributed by atoms with Crippen LogP contribution in [0.25, 0.3) is 0 Å². The van der Waals surface area contributed by atoms with Crippen LogP contribution < -0.4 is 15.4 Å². The Bertz CT molecular complexity index is 546. The molecule has 1 unspecified atom stereocenters. The predicted molar refractivity (Wildman–Crippen MR) is 85.8 cm³/mol. The van der Waals surface area contributed by atoms with Crippen LogP contribution in [0.4, 0.5) is 10.5 Å². The first-order valence-corrected chi connectivity index (χ1v) is 7.10. The van der Waals surface area contributed by atoms with Crippen LogP contribution in [-0.2, 0) is 4.74 Å². The Labute approximate surface area is 130 Å². The molecule has 1 heterocycles. The lowest BCUT2D eigenvalue weighted by Crippen LogP contribution is -2.33. The molecule has 7 nitrogen and oxygen atoms in total. The molecule has 0 fully saturated rings. The molecule has 122 valence electrons. The zero-order valence-corrected chi connectivity index (χ0v) is 13.1. The molecule has 0 radical (unpaired) electrons. The number of nitrogens with one attached hydrogen (secondary N) is 2. The number of amidine groups is 1. The highest BCUT2D eigenvalue weighted by atomic mass is 16.5. The van der Waals surface area contributed by atoms with Crippen molar-refractivity contribution in [3.05, 3.63) is 23.8 Å². The molecule has 0 aliphatic carbocycles. The monoisotopic (exact) mass is 309 g/mol. The molecule has 2 rings (SSSR count). The number of aliphatic imine (C=N–C) groups is 1. The van der Waals surface area contributed by atoms with Gasteiger partial charge in [-0.1, -0.05) is 6.07 Å². The molecule has 0 saturated heterocycles. The molecule has 0 saturated carbocycles. The van der Waals surface area contributed by atoms with Crippen molar-refractivity contribution in [1.82, 2.24) is 5.32 Å². The van der Waals surface area contributed by atoms with Gasteiger partial charge in [-0.25, -0.2) is 4.79 Å². The van der Waals surface area contributed by atoms with Gasteiger partial charge in [0.15, 0.2) is 6.10 Å². The molecule has 7 heteroatoms. The minimum atomic E-state index is -0.465. The number of hydrogen-bond donors (Lipinski definition) is 2. The standard InChI is InChI=1S/C15H21N3O3.H2O/c1-4-20-15(19)18-12-6-5-7-13(10(12)2)21-11(3)14-16-8-9-17-14;/h5-7,11H,4,8-9H2,1-3H3,(H,16,17)(H,18,19);1H2. The molecular weight excluding hydrogens is 286 g/mol. The smallest absolute Gasteiger partial charge is 0.411 e. The third-order valence-electron chi connectivity index (χ3n) is 3.19. The Morgan fingerprint density at radius 2 is 2.27 bits per heavy atom. The molecule has 0 spiro atoms. The SMILES string of the molecule is CCOC(=O)Nc1cccc(OC(C)C2=NCCN2)c1C.O. The van der Waals surface area contributed by atoms with Crippen molar-refractivity contribution in [2.45, 2.75) is 26.9 Å². The second-order valence-electron chi connectivity index (χ2n) is 4.73. The van der Waals surface area contributed by atoms with Crippen LogP contribution in [0.15, 0.2) is 23.2 Å². The van der Waals surface area contributed by atoms with E-state index < -0.39 is 6.09 Å². The number of rotatable bonds is 5. The first kappa shape index (κ1) is 17.8. The van der Waals surface area contributed by atoms with E-state index in [4.69, 9.17) is 9.47 Å². The Morgan fingerprint density at radius 1 is 1.50 bits per heavy atom. The molecule has 1 aliphatic heterocycles. The Balaban J connectivity index is 0.00000242. The first-order chi connectivity index (χ1) is 10.1. The van der Waals surface area contributed by atoms with Crippen molar-refractivity contribution < 1.29 is 19.7 Å². The minimum Gasteiger partial charge on any atom is -0.482 e. The van der Waals surface area contributed by atoms with E-state index in [9.17, 15) is 4.79 Å². The molecule has 22 heavy (non-hydrogen) atoms. The summed E-state index contributed by atoms with van der Waals surface area (Å²) in [4.78, 5) is 15.9. The van der Waals surface area contributed by atoms with Crippen molar-refractivity contribution in [1.29, 1.82) is 0 Å². The Kier molecular flexibility index (Phi) is 6.65. The number of nitrogens with zero attached hydrogens (tertiary/aromatic N) is 1. The lowest BCUT2D eigenvalue weighted by Gasteiger charge is -2.18. The third-order valence-corrected chi connectivity index (χ3v) is 3.19. The van der Waals surface area contributed by atoms with Crippen LogP contribution in [0.2, 0.25) is 0 Å². The van der Waals surface area contributed by atoms with Crippen molar-refractivity contribution in [3.8, 4) is 5.75 Å². The Hall–Kier alpha value is -2.28. The molecule has 0 bridgehead atoms. The summed E-state index contributed by atoms with van der Waals surface area (Å²) in [5.41, 5.74) is 1.54. The normalized spacial score (nSPS) is 14.2. The maximum atomic E-state index is 11.5. The molecule has 1 atom stereocenters. The summed E-state index contributed by atoms with van der Waals surface area (Å²) in [6.45, 7) is 7.58. The van der Waals surface area contributed by atoms with E-state index in [0.717, 1.165) is 24.5 Å². The van der Waals surface area contributed by atoms with Crippen LogP contribution in [0.1, 0.15) is 19.4 Å². The minimum absolute atomic E-state index is 0. The topological polar surface area (TPSA) is 103 Å². The lowest BCUT2D eigenvalue weighted by atomic mass is 10.2. The maximum absolute atomic E-state index is 11.5. The van der Waals surface area contributed by atoms with Crippen molar-refractivity contribution in [3.63, 3.8) is 0 Å². The van der Waals surface area contributed by atoms with E-state index in [-0.39, 0.29) is 11.6 Å². The molecule has 1 aromatic carbocycles. The largest absolute Gasteiger partial charge is 0.482 e. The summed E-state index contributed by atoms with van der Waals surface area (Å²) < 4.78 is 10.8. The Morgan fingerprint density at radius 3 is 2.91 bits per heavy atom. The zero-order valence-electron chi connectivity index (χ0n) is 13.1.